The van der Waals surface area contributed by atoms with E-state index in [-0.39, 0.29) is 49.9 Å². The summed E-state index contributed by atoms with van der Waals surface area (Å²) in [6.07, 6.45) is 5.31. The Balaban J connectivity index is -0.0000000622. The zero-order valence-electron chi connectivity index (χ0n) is 14.4. The first-order valence-corrected chi connectivity index (χ1v) is 6.74. The minimum Gasteiger partial charge on any atom is -1.00 e. The van der Waals surface area contributed by atoms with Crippen molar-refractivity contribution < 1.29 is 50.8 Å². The molecule has 6 nitrogen and oxygen atoms in total. The summed E-state index contributed by atoms with van der Waals surface area (Å²) in [6, 6.07) is 0.233. The number of nitrogens with two attached hydrogens (primary N) is 2. The molecule has 0 aliphatic carbocycles. The average Bonchev–Trinajstić information content (AvgIpc) is 2.40. The quantitative estimate of drug-likeness (QED) is 0.350. The molecule has 0 saturated carbocycles. The van der Waals surface area contributed by atoms with Crippen molar-refractivity contribution in [3.05, 3.63) is 0 Å². The van der Waals surface area contributed by atoms with Gasteiger partial charge in [-0.3, -0.25) is 9.59 Å². The van der Waals surface area contributed by atoms with Gasteiger partial charge in [0.1, 0.15) is 0 Å². The van der Waals surface area contributed by atoms with E-state index in [2.05, 4.69) is 6.92 Å². The molecule has 0 aromatic heterocycles. The van der Waals surface area contributed by atoms with Crippen molar-refractivity contribution in [2.75, 3.05) is 6.54 Å². The van der Waals surface area contributed by atoms with Gasteiger partial charge in [0.2, 0.25) is 0 Å². The van der Waals surface area contributed by atoms with Gasteiger partial charge in [-0.15, -0.1) is 0 Å². The summed E-state index contributed by atoms with van der Waals surface area (Å²) < 4.78 is 0. The van der Waals surface area contributed by atoms with E-state index in [4.69, 9.17) is 21.7 Å². The third kappa shape index (κ3) is 43.0. The minimum absolute atomic E-state index is 0. The Kier molecular flexibility index (Phi) is 33.6. The number of hydrogen-bond donors (Lipinski definition) is 4. The second-order valence-electron chi connectivity index (χ2n) is 3.99. The van der Waals surface area contributed by atoms with Crippen molar-refractivity contribution in [1.82, 2.24) is 0 Å². The number of aliphatic carboxylic acids is 2. The molecule has 0 aromatic carbocycles. The molecule has 0 heterocycles. The van der Waals surface area contributed by atoms with Crippen LogP contribution in [-0.4, -0.2) is 34.7 Å². The molecule has 1 unspecified atom stereocenters. The molecule has 0 aromatic rings. The normalized spacial score (nSPS) is 9.85. The third-order valence-corrected chi connectivity index (χ3v) is 2.09. The van der Waals surface area contributed by atoms with Crippen LogP contribution in [0.15, 0.2) is 0 Å². The number of carboxylic acid groups (broad SMARTS) is 2. The van der Waals surface area contributed by atoms with Crippen LogP contribution in [0.3, 0.4) is 0 Å². The standard InChI is InChI=1S/C7H18N2.2C3H6O2.Na.H/c1-2-3-4-5-7(9)6-8;2*1-2-3(4)5;;/h7H,2-6,8-9H2,1H3;2*2H2,1H3,(H,4,5);;/q;;;+1;-1. The maximum Gasteiger partial charge on any atom is 1.00 e. The average molecular weight is 302 g/mol. The number of carboxylic acids is 2. The number of unbranched alkanes of at least 4 members (excludes halogenated alkanes) is 2. The molecule has 0 fully saturated rings. The summed E-state index contributed by atoms with van der Waals surface area (Å²) in [4.78, 5) is 18.7. The Labute approximate surface area is 146 Å². The fourth-order valence-corrected chi connectivity index (χ4v) is 0.774. The fourth-order valence-electron chi connectivity index (χ4n) is 0.774. The third-order valence-electron chi connectivity index (χ3n) is 2.09. The monoisotopic (exact) mass is 302 g/mol. The number of hydrogen-bond acceptors (Lipinski definition) is 4. The van der Waals surface area contributed by atoms with Crippen molar-refractivity contribution >= 4 is 11.9 Å². The molecule has 118 valence electrons. The maximum atomic E-state index is 9.37. The number of carbonyl (C=O) groups is 2. The van der Waals surface area contributed by atoms with Gasteiger partial charge < -0.3 is 23.1 Å². The topological polar surface area (TPSA) is 127 Å². The summed E-state index contributed by atoms with van der Waals surface area (Å²) in [7, 11) is 0. The van der Waals surface area contributed by atoms with Crippen molar-refractivity contribution in [3.8, 4) is 0 Å². The van der Waals surface area contributed by atoms with E-state index in [1.165, 1.54) is 19.3 Å². The van der Waals surface area contributed by atoms with Gasteiger partial charge in [0.15, 0.2) is 0 Å². The van der Waals surface area contributed by atoms with E-state index >= 15 is 0 Å². The SMILES string of the molecule is CCC(=O)O.CCC(=O)O.CCCCCC(N)CN.[H-].[Na+]. The molecule has 0 spiro atoms. The van der Waals surface area contributed by atoms with E-state index in [0.717, 1.165) is 6.42 Å². The van der Waals surface area contributed by atoms with E-state index in [1.807, 2.05) is 0 Å². The van der Waals surface area contributed by atoms with Gasteiger partial charge in [0.25, 0.3) is 0 Å². The van der Waals surface area contributed by atoms with Crippen molar-refractivity contribution in [2.24, 2.45) is 11.5 Å². The van der Waals surface area contributed by atoms with Crippen LogP contribution in [0, 0.1) is 0 Å². The van der Waals surface area contributed by atoms with Gasteiger partial charge in [-0.25, -0.2) is 0 Å². The first-order valence-electron chi connectivity index (χ1n) is 6.74. The molecule has 6 N–H and O–H groups in total. The molecular weight excluding hydrogens is 271 g/mol. The second kappa shape index (κ2) is 23.9. The summed E-state index contributed by atoms with van der Waals surface area (Å²) in [5, 5.41) is 15.4. The van der Waals surface area contributed by atoms with Gasteiger partial charge in [-0.05, 0) is 6.42 Å². The Bertz CT molecular complexity index is 208. The van der Waals surface area contributed by atoms with Crippen molar-refractivity contribution in [2.45, 2.75) is 65.3 Å². The van der Waals surface area contributed by atoms with Crippen LogP contribution in [-0.2, 0) is 9.59 Å². The molecule has 0 aliphatic heterocycles. The van der Waals surface area contributed by atoms with E-state index < -0.39 is 11.9 Å². The second-order valence-corrected chi connectivity index (χ2v) is 3.99. The molecule has 7 heteroatoms. The predicted octanol–water partition coefficient (Wildman–Crippen LogP) is -1.07. The van der Waals surface area contributed by atoms with Crippen LogP contribution in [0.1, 0.15) is 60.7 Å². The van der Waals surface area contributed by atoms with Crippen LogP contribution in [0.5, 0.6) is 0 Å². The van der Waals surface area contributed by atoms with Crippen LogP contribution < -0.4 is 41.0 Å². The zero-order valence-corrected chi connectivity index (χ0v) is 15.4. The van der Waals surface area contributed by atoms with Gasteiger partial charge in [0.05, 0.1) is 0 Å². The van der Waals surface area contributed by atoms with Crippen LogP contribution in [0.2, 0.25) is 0 Å². The van der Waals surface area contributed by atoms with Gasteiger partial charge >= 0.3 is 41.5 Å². The molecule has 0 saturated heterocycles. The summed E-state index contributed by atoms with van der Waals surface area (Å²) >= 11 is 0. The van der Waals surface area contributed by atoms with E-state index in [9.17, 15) is 9.59 Å². The smallest absolute Gasteiger partial charge is 1.00 e. The molecule has 1 atom stereocenters. The molecule has 0 aliphatic rings. The fraction of sp³-hybridized carbons (Fsp3) is 0.846. The van der Waals surface area contributed by atoms with Crippen molar-refractivity contribution in [3.63, 3.8) is 0 Å². The Morgan fingerprint density at radius 1 is 1.05 bits per heavy atom. The van der Waals surface area contributed by atoms with Crippen LogP contribution >= 0.6 is 0 Å². The molecule has 0 radical (unpaired) electrons. The molecular formula is C13H31N2NaO4. The van der Waals surface area contributed by atoms with Gasteiger partial charge in [-0.2, -0.15) is 0 Å². The Hall–Kier alpha value is -0.140. The summed E-state index contributed by atoms with van der Waals surface area (Å²) in [5.74, 6) is -1.49. The van der Waals surface area contributed by atoms with Crippen molar-refractivity contribution in [1.29, 1.82) is 0 Å². The number of rotatable bonds is 7. The molecule has 0 bridgehead atoms. The first-order chi connectivity index (χ1) is 8.85. The predicted molar refractivity (Wildman–Crippen MR) is 78.1 cm³/mol. The summed E-state index contributed by atoms with van der Waals surface area (Å²) in [6.45, 7) is 6.02. The summed E-state index contributed by atoms with van der Waals surface area (Å²) in [5.41, 5.74) is 10.9. The van der Waals surface area contributed by atoms with Gasteiger partial charge in [0, 0.05) is 25.4 Å². The Morgan fingerprint density at radius 2 is 1.40 bits per heavy atom. The Morgan fingerprint density at radius 3 is 1.60 bits per heavy atom. The van der Waals surface area contributed by atoms with E-state index in [1.54, 1.807) is 13.8 Å². The minimum atomic E-state index is -0.745. The first kappa shape index (κ1) is 28.1. The molecule has 20 heavy (non-hydrogen) atoms. The molecule has 0 amide bonds. The van der Waals surface area contributed by atoms with Crippen LogP contribution in [0.25, 0.3) is 0 Å². The van der Waals surface area contributed by atoms with E-state index in [0.29, 0.717) is 6.54 Å². The molecule has 0 rings (SSSR count). The zero-order chi connectivity index (χ0) is 15.7. The largest absolute Gasteiger partial charge is 1.00 e. The maximum absolute atomic E-state index is 9.37. The van der Waals surface area contributed by atoms with Crippen LogP contribution in [0.4, 0.5) is 0 Å². The van der Waals surface area contributed by atoms with Gasteiger partial charge in [-0.1, -0.05) is 40.0 Å².